The zero-order chi connectivity index (χ0) is 23.6. The summed E-state index contributed by atoms with van der Waals surface area (Å²) in [7, 11) is 0. The van der Waals surface area contributed by atoms with E-state index >= 15 is 0 Å². The number of hydrogen-bond acceptors (Lipinski definition) is 4. The van der Waals surface area contributed by atoms with Crippen LogP contribution in [0.5, 0.6) is 0 Å². The van der Waals surface area contributed by atoms with Crippen molar-refractivity contribution in [3.63, 3.8) is 0 Å². The first-order valence-corrected chi connectivity index (χ1v) is 10.2. The highest BCUT2D eigenvalue weighted by molar-refractivity contribution is 5.80. The molecule has 1 amide bonds. The topological polar surface area (TPSA) is 72.7 Å². The molecule has 1 aliphatic rings. The van der Waals surface area contributed by atoms with Gasteiger partial charge in [-0.3, -0.25) is 9.78 Å². The molecule has 0 spiro atoms. The summed E-state index contributed by atoms with van der Waals surface area (Å²) in [4.78, 5) is 19.2. The van der Waals surface area contributed by atoms with Crippen molar-refractivity contribution in [2.45, 2.75) is 19.0 Å². The van der Waals surface area contributed by atoms with Crippen LogP contribution in [0.4, 0.5) is 14.5 Å². The van der Waals surface area contributed by atoms with Crippen molar-refractivity contribution in [3.8, 4) is 16.9 Å². The molecule has 0 aliphatic heterocycles. The Bertz CT molecular complexity index is 1230. The highest BCUT2D eigenvalue weighted by atomic mass is 19.1. The molecule has 3 aromatic heterocycles. The second kappa shape index (κ2) is 11.4. The number of pyridine rings is 2. The number of alkyl halides is 1. The molecule has 1 aliphatic carbocycles. The molecule has 1 aromatic carbocycles. The van der Waals surface area contributed by atoms with E-state index in [1.54, 1.807) is 30.7 Å². The third-order valence-electron chi connectivity index (χ3n) is 4.41. The van der Waals surface area contributed by atoms with Crippen molar-refractivity contribution in [2.75, 3.05) is 5.32 Å². The fourth-order valence-corrected chi connectivity index (χ4v) is 2.62. The quantitative estimate of drug-likeness (QED) is 0.316. The molecule has 0 saturated heterocycles. The van der Waals surface area contributed by atoms with Crippen LogP contribution in [0.15, 0.2) is 86.4 Å². The lowest BCUT2D eigenvalue weighted by atomic mass is 10.1. The number of amides is 1. The molecule has 0 bridgehead atoms. The molecule has 5 rings (SSSR count). The summed E-state index contributed by atoms with van der Waals surface area (Å²) in [6.07, 6.45) is 10.1. The number of carbonyl (C=O) groups is 1. The maximum atomic E-state index is 14.2. The Kier molecular flexibility index (Phi) is 8.13. The summed E-state index contributed by atoms with van der Waals surface area (Å²) >= 11 is 0. The molecule has 0 radical (unpaired) electrons. The van der Waals surface area contributed by atoms with Gasteiger partial charge < -0.3 is 5.32 Å². The van der Waals surface area contributed by atoms with Gasteiger partial charge in [-0.2, -0.15) is 0 Å². The fraction of sp³-hybridized carbons (Fsp3) is 0.120. The zero-order valence-corrected chi connectivity index (χ0v) is 17.9. The Labute approximate surface area is 190 Å². The van der Waals surface area contributed by atoms with Crippen molar-refractivity contribution >= 4 is 23.1 Å². The van der Waals surface area contributed by atoms with Gasteiger partial charge in [0.05, 0.1) is 5.69 Å². The maximum Gasteiger partial charge on any atom is 0.211 e. The Morgan fingerprint density at radius 3 is 2.45 bits per heavy atom. The summed E-state index contributed by atoms with van der Waals surface area (Å²) in [5.74, 6) is -0.450. The number of rotatable bonds is 5. The van der Waals surface area contributed by atoms with E-state index in [9.17, 15) is 13.6 Å². The number of carbonyl (C=O) groups excluding carboxylic acids is 1. The number of anilines is 1. The highest BCUT2D eigenvalue weighted by Gasteiger charge is 2.18. The van der Waals surface area contributed by atoms with E-state index in [1.165, 1.54) is 22.9 Å². The molecular formula is C25H23F2N5O. The van der Waals surface area contributed by atoms with E-state index in [2.05, 4.69) is 33.5 Å². The molecule has 0 atom stereocenters. The molecule has 1 saturated carbocycles. The SMILES string of the molecule is C=CC=C.FC1CC1.O=CNc1ccc(F)c(-n2cc3cc(-c4ccccn4)cnc3n2)c1. The maximum absolute atomic E-state index is 14.2. The van der Waals surface area contributed by atoms with Crippen LogP contribution < -0.4 is 5.32 Å². The minimum Gasteiger partial charge on any atom is -0.329 e. The average Bonchev–Trinajstić information content (AvgIpc) is 3.52. The number of allylic oxidation sites excluding steroid dienone is 2. The second-order valence-electron chi connectivity index (χ2n) is 7.00. The fourth-order valence-electron chi connectivity index (χ4n) is 2.62. The summed E-state index contributed by atoms with van der Waals surface area (Å²) in [6, 6.07) is 11.8. The van der Waals surface area contributed by atoms with E-state index < -0.39 is 12.0 Å². The lowest BCUT2D eigenvalue weighted by Gasteiger charge is -2.05. The largest absolute Gasteiger partial charge is 0.329 e. The summed E-state index contributed by atoms with van der Waals surface area (Å²) in [6.45, 7) is 6.72. The van der Waals surface area contributed by atoms with Crippen molar-refractivity contribution in [1.29, 1.82) is 0 Å². The van der Waals surface area contributed by atoms with Crippen LogP contribution in [-0.2, 0) is 4.79 Å². The lowest BCUT2D eigenvalue weighted by Crippen LogP contribution is -2.01. The number of hydrogen-bond donors (Lipinski definition) is 1. The smallest absolute Gasteiger partial charge is 0.211 e. The summed E-state index contributed by atoms with van der Waals surface area (Å²) < 4.78 is 26.7. The second-order valence-corrected chi connectivity index (χ2v) is 7.00. The molecule has 3 heterocycles. The van der Waals surface area contributed by atoms with E-state index in [1.807, 2.05) is 24.3 Å². The predicted octanol–water partition coefficient (Wildman–Crippen LogP) is 5.67. The van der Waals surface area contributed by atoms with Crippen molar-refractivity contribution in [1.82, 2.24) is 19.7 Å². The highest BCUT2D eigenvalue weighted by Crippen LogP contribution is 2.24. The van der Waals surface area contributed by atoms with E-state index in [0.29, 0.717) is 17.7 Å². The van der Waals surface area contributed by atoms with E-state index in [0.717, 1.165) is 29.5 Å². The summed E-state index contributed by atoms with van der Waals surface area (Å²) in [5, 5.41) is 7.57. The molecular weight excluding hydrogens is 424 g/mol. The van der Waals surface area contributed by atoms with Crippen LogP contribution in [0.2, 0.25) is 0 Å². The van der Waals surface area contributed by atoms with Gasteiger partial charge in [0.1, 0.15) is 17.7 Å². The van der Waals surface area contributed by atoms with Crippen molar-refractivity contribution in [3.05, 3.63) is 92.2 Å². The van der Waals surface area contributed by atoms with Gasteiger partial charge in [0.2, 0.25) is 6.41 Å². The monoisotopic (exact) mass is 447 g/mol. The minimum absolute atomic E-state index is 0.226. The molecule has 0 unspecified atom stereocenters. The van der Waals surface area contributed by atoms with Gasteiger partial charge in [-0.05, 0) is 49.2 Å². The van der Waals surface area contributed by atoms with Crippen LogP contribution in [-0.4, -0.2) is 32.3 Å². The predicted molar refractivity (Wildman–Crippen MR) is 126 cm³/mol. The molecule has 8 heteroatoms. The Morgan fingerprint density at radius 1 is 1.09 bits per heavy atom. The number of nitrogens with one attached hydrogen (secondary N) is 1. The van der Waals surface area contributed by atoms with E-state index in [4.69, 9.17) is 0 Å². The third kappa shape index (κ3) is 6.64. The Balaban J connectivity index is 0.000000327. The zero-order valence-electron chi connectivity index (χ0n) is 17.9. The number of nitrogens with zero attached hydrogens (tertiary/aromatic N) is 4. The van der Waals surface area contributed by atoms with Gasteiger partial charge in [0.25, 0.3) is 0 Å². The van der Waals surface area contributed by atoms with Crippen LogP contribution in [0, 0.1) is 5.82 Å². The van der Waals surface area contributed by atoms with Gasteiger partial charge in [0.15, 0.2) is 5.65 Å². The van der Waals surface area contributed by atoms with E-state index in [-0.39, 0.29) is 5.69 Å². The van der Waals surface area contributed by atoms with Gasteiger partial charge in [-0.15, -0.1) is 5.10 Å². The standard InChI is InChI=1S/C18H12FN5O.C4H6.C3H5F/c19-15-5-4-14(22-11-25)8-17(15)24-10-13-7-12(9-21-18(13)23-24)16-3-1-2-6-20-16;1-3-4-2;4-3-1-2-3/h1-11H,(H,22,25);3-4H,1-2H2;3H,1-2H2. The molecule has 33 heavy (non-hydrogen) atoms. The molecule has 6 nitrogen and oxygen atoms in total. The number of benzene rings is 1. The molecule has 168 valence electrons. The van der Waals surface area contributed by atoms with Crippen molar-refractivity contribution < 1.29 is 13.6 Å². The van der Waals surface area contributed by atoms with Gasteiger partial charge in [0, 0.05) is 35.2 Å². The first-order chi connectivity index (χ1) is 16.0. The van der Waals surface area contributed by atoms with Crippen LogP contribution in [0.25, 0.3) is 28.0 Å². The van der Waals surface area contributed by atoms with Crippen LogP contribution >= 0.6 is 0 Å². The third-order valence-corrected chi connectivity index (χ3v) is 4.41. The van der Waals surface area contributed by atoms with Crippen molar-refractivity contribution in [2.24, 2.45) is 0 Å². The minimum atomic E-state index is -0.450. The first-order valence-electron chi connectivity index (χ1n) is 10.2. The van der Waals surface area contributed by atoms with Gasteiger partial charge in [-0.1, -0.05) is 31.4 Å². The number of fused-ring (bicyclic) bond motifs is 1. The lowest BCUT2D eigenvalue weighted by molar-refractivity contribution is -0.105. The van der Waals surface area contributed by atoms with Gasteiger partial charge in [-0.25, -0.2) is 18.4 Å². The van der Waals surface area contributed by atoms with Crippen LogP contribution in [0.1, 0.15) is 12.8 Å². The molecule has 1 fully saturated rings. The van der Waals surface area contributed by atoms with Gasteiger partial charge >= 0.3 is 0 Å². The molecule has 1 N–H and O–H groups in total. The average molecular weight is 447 g/mol. The Hall–Kier alpha value is -4.20. The first kappa shape index (κ1) is 23.5. The number of halogens is 2. The van der Waals surface area contributed by atoms with Crippen LogP contribution in [0.3, 0.4) is 0 Å². The molecule has 4 aromatic rings. The summed E-state index contributed by atoms with van der Waals surface area (Å²) in [5.41, 5.74) is 2.85. The normalized spacial score (nSPS) is 11.9. The number of aromatic nitrogens is 4. The Morgan fingerprint density at radius 2 is 1.85 bits per heavy atom.